The van der Waals surface area contributed by atoms with Crippen LogP contribution in [0, 0.1) is 6.92 Å². The third-order valence-electron chi connectivity index (χ3n) is 3.28. The van der Waals surface area contributed by atoms with E-state index in [1.807, 2.05) is 24.3 Å². The largest absolute Gasteiger partial charge is 0.489 e. The molecule has 2 rings (SSSR count). The number of ketones is 1. The number of hydrogen-bond acceptors (Lipinski definition) is 2. The van der Waals surface area contributed by atoms with Gasteiger partial charge in [-0.2, -0.15) is 0 Å². The number of halogens is 1. The van der Waals surface area contributed by atoms with Crippen molar-refractivity contribution in [3.05, 3.63) is 65.2 Å². The Bertz CT molecular complexity index is 605. The summed E-state index contributed by atoms with van der Waals surface area (Å²) in [7, 11) is 0. The van der Waals surface area contributed by atoms with Gasteiger partial charge >= 0.3 is 0 Å². The molecule has 2 aromatic carbocycles. The maximum Gasteiger partial charge on any atom is 0.147 e. The van der Waals surface area contributed by atoms with Crippen LogP contribution in [0.4, 0.5) is 0 Å². The molecule has 0 aliphatic carbocycles. The van der Waals surface area contributed by atoms with Crippen molar-refractivity contribution in [1.29, 1.82) is 0 Å². The van der Waals surface area contributed by atoms with Crippen LogP contribution in [-0.2, 0) is 17.8 Å². The van der Waals surface area contributed by atoms with Crippen LogP contribution in [0.5, 0.6) is 5.75 Å². The molecular formula is C18H19ClO2. The van der Waals surface area contributed by atoms with Gasteiger partial charge in [0.1, 0.15) is 18.1 Å². The first-order valence-electron chi connectivity index (χ1n) is 6.96. The van der Waals surface area contributed by atoms with Crippen molar-refractivity contribution in [1.82, 2.24) is 0 Å². The van der Waals surface area contributed by atoms with E-state index < -0.39 is 5.38 Å². The van der Waals surface area contributed by atoms with Crippen molar-refractivity contribution in [2.24, 2.45) is 0 Å². The topological polar surface area (TPSA) is 26.3 Å². The zero-order chi connectivity index (χ0) is 15.2. The zero-order valence-corrected chi connectivity index (χ0v) is 13.1. The molecule has 21 heavy (non-hydrogen) atoms. The third kappa shape index (κ3) is 4.91. The first kappa shape index (κ1) is 15.6. The Morgan fingerprint density at radius 3 is 2.52 bits per heavy atom. The Labute approximate surface area is 130 Å². The summed E-state index contributed by atoms with van der Waals surface area (Å²) >= 11 is 6.00. The Hall–Kier alpha value is -1.80. The van der Waals surface area contributed by atoms with Gasteiger partial charge in [-0.15, -0.1) is 11.6 Å². The fourth-order valence-electron chi connectivity index (χ4n) is 1.96. The van der Waals surface area contributed by atoms with Gasteiger partial charge in [-0.3, -0.25) is 4.79 Å². The first-order valence-corrected chi connectivity index (χ1v) is 7.40. The molecule has 0 heterocycles. The minimum absolute atomic E-state index is 0.0114. The smallest absolute Gasteiger partial charge is 0.147 e. The van der Waals surface area contributed by atoms with E-state index in [2.05, 4.69) is 31.2 Å². The van der Waals surface area contributed by atoms with Crippen molar-refractivity contribution >= 4 is 17.4 Å². The van der Waals surface area contributed by atoms with Gasteiger partial charge in [-0.05, 0) is 43.5 Å². The molecule has 0 N–H and O–H groups in total. The van der Waals surface area contributed by atoms with Crippen LogP contribution < -0.4 is 4.74 Å². The van der Waals surface area contributed by atoms with E-state index in [0.717, 1.165) is 16.9 Å². The van der Waals surface area contributed by atoms with Crippen LogP contribution in [0.2, 0.25) is 0 Å². The molecule has 2 aromatic rings. The highest BCUT2D eigenvalue weighted by molar-refractivity contribution is 6.30. The van der Waals surface area contributed by atoms with Crippen LogP contribution >= 0.6 is 11.6 Å². The number of alkyl halides is 1. The summed E-state index contributed by atoms with van der Waals surface area (Å²) in [4.78, 5) is 11.2. The van der Waals surface area contributed by atoms with Crippen molar-refractivity contribution in [3.63, 3.8) is 0 Å². The lowest BCUT2D eigenvalue weighted by Crippen LogP contribution is -2.13. The molecule has 0 spiro atoms. The van der Waals surface area contributed by atoms with Gasteiger partial charge in [-0.25, -0.2) is 0 Å². The number of ether oxygens (including phenoxy) is 1. The molecule has 1 atom stereocenters. The lowest BCUT2D eigenvalue weighted by molar-refractivity contribution is -0.116. The van der Waals surface area contributed by atoms with Crippen LogP contribution in [0.15, 0.2) is 48.5 Å². The molecule has 3 heteroatoms. The molecule has 0 aromatic heterocycles. The molecule has 110 valence electrons. The van der Waals surface area contributed by atoms with Gasteiger partial charge in [0.05, 0.1) is 5.38 Å². The fourth-order valence-corrected chi connectivity index (χ4v) is 2.14. The summed E-state index contributed by atoms with van der Waals surface area (Å²) < 4.78 is 5.79. The Morgan fingerprint density at radius 1 is 1.14 bits per heavy atom. The van der Waals surface area contributed by atoms with Crippen LogP contribution in [0.25, 0.3) is 0 Å². The van der Waals surface area contributed by atoms with Crippen LogP contribution in [0.1, 0.15) is 23.6 Å². The van der Waals surface area contributed by atoms with Gasteiger partial charge in [0, 0.05) is 0 Å². The summed E-state index contributed by atoms with van der Waals surface area (Å²) in [5.74, 6) is 0.781. The minimum atomic E-state index is -0.475. The molecular weight excluding hydrogens is 284 g/mol. The number of hydrogen-bond donors (Lipinski definition) is 0. The van der Waals surface area contributed by atoms with Crippen molar-refractivity contribution in [2.45, 2.75) is 32.3 Å². The van der Waals surface area contributed by atoms with Gasteiger partial charge in [0.25, 0.3) is 0 Å². The second-order valence-corrected chi connectivity index (χ2v) is 5.73. The van der Waals surface area contributed by atoms with E-state index >= 15 is 0 Å². The van der Waals surface area contributed by atoms with Crippen LogP contribution in [-0.4, -0.2) is 11.2 Å². The first-order chi connectivity index (χ1) is 10.0. The second-order valence-electron chi connectivity index (χ2n) is 5.20. The molecule has 0 aliphatic rings. The predicted molar refractivity (Wildman–Crippen MR) is 86.0 cm³/mol. The highest BCUT2D eigenvalue weighted by Gasteiger charge is 2.11. The van der Waals surface area contributed by atoms with Gasteiger partial charge < -0.3 is 4.74 Å². The number of Topliss-reactive ketones (excluding diaryl/α,β-unsaturated/α-hetero) is 1. The molecule has 0 saturated heterocycles. The Kier molecular flexibility index (Phi) is 5.40. The zero-order valence-electron chi connectivity index (χ0n) is 12.3. The SMILES string of the molecule is CC(=O)C(Cl)Cc1cccc(OCc2ccc(C)cc2)c1. The van der Waals surface area contributed by atoms with E-state index in [1.54, 1.807) is 0 Å². The molecule has 2 nitrogen and oxygen atoms in total. The number of carbonyl (C=O) groups is 1. The molecule has 0 amide bonds. The summed E-state index contributed by atoms with van der Waals surface area (Å²) in [5, 5.41) is -0.475. The molecule has 0 bridgehead atoms. The van der Waals surface area contributed by atoms with E-state index in [1.165, 1.54) is 12.5 Å². The average molecular weight is 303 g/mol. The van der Waals surface area contributed by atoms with Gasteiger partial charge in [-0.1, -0.05) is 42.0 Å². The Morgan fingerprint density at radius 2 is 1.86 bits per heavy atom. The standard InChI is InChI=1S/C18H19ClO2/c1-13-6-8-15(9-7-13)12-21-17-5-3-4-16(10-17)11-18(19)14(2)20/h3-10,18H,11-12H2,1-2H3. The van der Waals surface area contributed by atoms with Gasteiger partial charge in [0.15, 0.2) is 0 Å². The number of rotatable bonds is 6. The normalized spacial score (nSPS) is 12.0. The molecule has 0 saturated carbocycles. The van der Waals surface area contributed by atoms with Crippen molar-refractivity contribution < 1.29 is 9.53 Å². The number of benzene rings is 2. The van der Waals surface area contributed by atoms with Crippen molar-refractivity contribution in [2.75, 3.05) is 0 Å². The van der Waals surface area contributed by atoms with E-state index in [0.29, 0.717) is 13.0 Å². The molecule has 1 unspecified atom stereocenters. The molecule has 0 aliphatic heterocycles. The monoisotopic (exact) mass is 302 g/mol. The summed E-state index contributed by atoms with van der Waals surface area (Å²) in [5.41, 5.74) is 3.37. The highest BCUT2D eigenvalue weighted by Crippen LogP contribution is 2.18. The molecule has 0 fully saturated rings. The highest BCUT2D eigenvalue weighted by atomic mass is 35.5. The number of carbonyl (C=O) groups excluding carboxylic acids is 1. The maximum absolute atomic E-state index is 11.2. The second kappa shape index (κ2) is 7.28. The summed E-state index contributed by atoms with van der Waals surface area (Å²) in [6.07, 6.45) is 0.526. The third-order valence-corrected chi connectivity index (χ3v) is 3.74. The summed E-state index contributed by atoms with van der Waals surface area (Å²) in [6, 6.07) is 16.0. The lowest BCUT2D eigenvalue weighted by Gasteiger charge is -2.10. The fraction of sp³-hybridized carbons (Fsp3) is 0.278. The van der Waals surface area contributed by atoms with E-state index in [-0.39, 0.29) is 5.78 Å². The average Bonchev–Trinajstić information content (AvgIpc) is 2.47. The summed E-state index contributed by atoms with van der Waals surface area (Å²) in [6.45, 7) is 4.10. The lowest BCUT2D eigenvalue weighted by atomic mass is 10.1. The molecule has 0 radical (unpaired) electrons. The van der Waals surface area contributed by atoms with E-state index in [9.17, 15) is 4.79 Å². The predicted octanol–water partition coefficient (Wildman–Crippen LogP) is 4.31. The minimum Gasteiger partial charge on any atom is -0.489 e. The van der Waals surface area contributed by atoms with Gasteiger partial charge in [0.2, 0.25) is 0 Å². The quantitative estimate of drug-likeness (QED) is 0.743. The van der Waals surface area contributed by atoms with Crippen molar-refractivity contribution in [3.8, 4) is 5.75 Å². The van der Waals surface area contributed by atoms with E-state index in [4.69, 9.17) is 16.3 Å². The Balaban J connectivity index is 1.97. The maximum atomic E-state index is 11.2. The number of aryl methyl sites for hydroxylation is 1. The van der Waals surface area contributed by atoms with Crippen LogP contribution in [0.3, 0.4) is 0 Å².